The summed E-state index contributed by atoms with van der Waals surface area (Å²) >= 11 is 0. The van der Waals surface area contributed by atoms with Crippen LogP contribution in [-0.4, -0.2) is 28.7 Å². The van der Waals surface area contributed by atoms with Gasteiger partial charge in [0.15, 0.2) is 5.82 Å². The standard InChI is InChI=1S/C13H22N4O/c1-3-10-9-17(7-5-11(10)14)12-13(18)16(4-2)8-6-15-12/h6,8,10-11H,3-5,7,9,14H2,1-2H3. The van der Waals surface area contributed by atoms with Gasteiger partial charge in [0.25, 0.3) is 5.56 Å². The first kappa shape index (κ1) is 13.1. The molecule has 0 aromatic carbocycles. The first-order valence-corrected chi connectivity index (χ1v) is 6.73. The molecular weight excluding hydrogens is 228 g/mol. The summed E-state index contributed by atoms with van der Waals surface area (Å²) in [6, 6.07) is 0.253. The lowest BCUT2D eigenvalue weighted by atomic mass is 9.91. The molecule has 2 rings (SSSR count). The molecule has 1 aliphatic rings. The van der Waals surface area contributed by atoms with Gasteiger partial charge in [-0.1, -0.05) is 13.3 Å². The number of hydrogen-bond donors (Lipinski definition) is 1. The van der Waals surface area contributed by atoms with Crippen LogP contribution in [-0.2, 0) is 6.54 Å². The average Bonchev–Trinajstić information content (AvgIpc) is 2.40. The molecule has 0 saturated carbocycles. The van der Waals surface area contributed by atoms with Gasteiger partial charge in [0, 0.05) is 38.1 Å². The molecule has 1 aromatic rings. The normalized spacial score (nSPS) is 24.3. The van der Waals surface area contributed by atoms with Gasteiger partial charge < -0.3 is 15.2 Å². The number of rotatable bonds is 3. The third-order valence-corrected chi connectivity index (χ3v) is 3.85. The molecule has 5 nitrogen and oxygen atoms in total. The Hall–Kier alpha value is -1.36. The number of aryl methyl sites for hydroxylation is 1. The lowest BCUT2D eigenvalue weighted by molar-refractivity contribution is 0.346. The second-order valence-electron chi connectivity index (χ2n) is 4.91. The highest BCUT2D eigenvalue weighted by atomic mass is 16.1. The zero-order chi connectivity index (χ0) is 13.1. The fourth-order valence-electron chi connectivity index (χ4n) is 2.58. The van der Waals surface area contributed by atoms with Crippen molar-refractivity contribution in [2.75, 3.05) is 18.0 Å². The fraction of sp³-hybridized carbons (Fsp3) is 0.692. The molecule has 2 unspecified atom stereocenters. The first-order chi connectivity index (χ1) is 8.67. The van der Waals surface area contributed by atoms with E-state index in [1.165, 1.54) is 0 Å². The molecule has 0 bridgehead atoms. The first-order valence-electron chi connectivity index (χ1n) is 6.73. The third-order valence-electron chi connectivity index (χ3n) is 3.85. The molecule has 0 spiro atoms. The van der Waals surface area contributed by atoms with Crippen LogP contribution in [0.2, 0.25) is 0 Å². The summed E-state index contributed by atoms with van der Waals surface area (Å²) in [7, 11) is 0. The summed E-state index contributed by atoms with van der Waals surface area (Å²) in [4.78, 5) is 18.5. The number of nitrogens with zero attached hydrogens (tertiary/aromatic N) is 3. The van der Waals surface area contributed by atoms with Crippen molar-refractivity contribution in [1.29, 1.82) is 0 Å². The van der Waals surface area contributed by atoms with Crippen LogP contribution < -0.4 is 16.2 Å². The van der Waals surface area contributed by atoms with Crippen molar-refractivity contribution in [2.24, 2.45) is 11.7 Å². The molecule has 0 radical (unpaired) electrons. The van der Waals surface area contributed by atoms with E-state index < -0.39 is 0 Å². The Morgan fingerprint density at radius 3 is 2.94 bits per heavy atom. The maximum absolute atomic E-state index is 12.2. The Labute approximate surface area is 108 Å². The molecule has 1 aliphatic heterocycles. The van der Waals surface area contributed by atoms with Gasteiger partial charge in [-0.25, -0.2) is 4.98 Å². The molecule has 18 heavy (non-hydrogen) atoms. The van der Waals surface area contributed by atoms with Crippen LogP contribution in [0.5, 0.6) is 0 Å². The topological polar surface area (TPSA) is 64.2 Å². The van der Waals surface area contributed by atoms with Gasteiger partial charge >= 0.3 is 0 Å². The van der Waals surface area contributed by atoms with Crippen molar-refractivity contribution in [3.63, 3.8) is 0 Å². The highest BCUT2D eigenvalue weighted by Gasteiger charge is 2.27. The van der Waals surface area contributed by atoms with Crippen LogP contribution in [0.1, 0.15) is 26.7 Å². The molecule has 2 N–H and O–H groups in total. The minimum atomic E-state index is 0.00493. The smallest absolute Gasteiger partial charge is 0.293 e. The number of aromatic nitrogens is 2. The van der Waals surface area contributed by atoms with E-state index in [1.54, 1.807) is 17.0 Å². The lowest BCUT2D eigenvalue weighted by Crippen LogP contribution is -2.49. The summed E-state index contributed by atoms with van der Waals surface area (Å²) in [5, 5.41) is 0. The summed E-state index contributed by atoms with van der Waals surface area (Å²) in [5.74, 6) is 1.03. The van der Waals surface area contributed by atoms with E-state index in [4.69, 9.17) is 5.73 Å². The molecule has 1 fully saturated rings. The Bertz CT molecular complexity index is 457. The van der Waals surface area contributed by atoms with E-state index >= 15 is 0 Å². The summed E-state index contributed by atoms with van der Waals surface area (Å²) in [5.41, 5.74) is 6.10. The van der Waals surface area contributed by atoms with Gasteiger partial charge in [0.1, 0.15) is 0 Å². The van der Waals surface area contributed by atoms with Crippen molar-refractivity contribution < 1.29 is 0 Å². The van der Waals surface area contributed by atoms with E-state index in [0.29, 0.717) is 18.3 Å². The quantitative estimate of drug-likeness (QED) is 0.863. The molecule has 1 saturated heterocycles. The number of hydrogen-bond acceptors (Lipinski definition) is 4. The molecule has 2 atom stereocenters. The maximum atomic E-state index is 12.2. The minimum absolute atomic E-state index is 0.00493. The molecule has 100 valence electrons. The summed E-state index contributed by atoms with van der Waals surface area (Å²) in [6.45, 7) is 6.46. The SMILES string of the molecule is CCC1CN(c2nccn(CC)c2=O)CCC1N. The maximum Gasteiger partial charge on any atom is 0.293 e. The van der Waals surface area contributed by atoms with Crippen LogP contribution in [0, 0.1) is 5.92 Å². The Kier molecular flexibility index (Phi) is 4.01. The van der Waals surface area contributed by atoms with Crippen molar-refractivity contribution in [3.8, 4) is 0 Å². The molecule has 0 amide bonds. The molecule has 5 heteroatoms. The lowest BCUT2D eigenvalue weighted by Gasteiger charge is -2.36. The zero-order valence-corrected chi connectivity index (χ0v) is 11.2. The van der Waals surface area contributed by atoms with Crippen LogP contribution >= 0.6 is 0 Å². The van der Waals surface area contributed by atoms with E-state index in [-0.39, 0.29) is 11.6 Å². The van der Waals surface area contributed by atoms with E-state index in [1.807, 2.05) is 6.92 Å². The van der Waals surface area contributed by atoms with Gasteiger partial charge in [-0.2, -0.15) is 0 Å². The Morgan fingerprint density at radius 1 is 1.50 bits per heavy atom. The van der Waals surface area contributed by atoms with Crippen LogP contribution in [0.3, 0.4) is 0 Å². The van der Waals surface area contributed by atoms with E-state index in [9.17, 15) is 4.79 Å². The van der Waals surface area contributed by atoms with Crippen molar-refractivity contribution >= 4 is 5.82 Å². The van der Waals surface area contributed by atoms with E-state index in [0.717, 1.165) is 25.9 Å². The molecular formula is C13H22N4O. The van der Waals surface area contributed by atoms with E-state index in [2.05, 4.69) is 16.8 Å². The van der Waals surface area contributed by atoms with Gasteiger partial charge in [0.05, 0.1) is 0 Å². The highest BCUT2D eigenvalue weighted by molar-refractivity contribution is 5.36. The predicted molar refractivity (Wildman–Crippen MR) is 72.8 cm³/mol. The van der Waals surface area contributed by atoms with Crippen molar-refractivity contribution in [1.82, 2.24) is 9.55 Å². The zero-order valence-electron chi connectivity index (χ0n) is 11.2. The minimum Gasteiger partial charge on any atom is -0.352 e. The van der Waals surface area contributed by atoms with Gasteiger partial charge in [-0.15, -0.1) is 0 Å². The van der Waals surface area contributed by atoms with Crippen LogP contribution in [0.25, 0.3) is 0 Å². The van der Waals surface area contributed by atoms with Crippen molar-refractivity contribution in [2.45, 2.75) is 39.3 Å². The Morgan fingerprint density at radius 2 is 2.28 bits per heavy atom. The predicted octanol–water partition coefficient (Wildman–Crippen LogP) is 0.827. The monoisotopic (exact) mass is 250 g/mol. The summed E-state index contributed by atoms with van der Waals surface area (Å²) in [6.07, 6.45) is 5.42. The van der Waals surface area contributed by atoms with Gasteiger partial charge in [-0.05, 0) is 19.3 Å². The van der Waals surface area contributed by atoms with Crippen LogP contribution in [0.15, 0.2) is 17.2 Å². The second kappa shape index (κ2) is 5.52. The second-order valence-corrected chi connectivity index (χ2v) is 4.91. The van der Waals surface area contributed by atoms with Crippen molar-refractivity contribution in [3.05, 3.63) is 22.7 Å². The van der Waals surface area contributed by atoms with Gasteiger partial charge in [0.2, 0.25) is 0 Å². The highest BCUT2D eigenvalue weighted by Crippen LogP contribution is 2.20. The fourth-order valence-corrected chi connectivity index (χ4v) is 2.58. The molecule has 0 aliphatic carbocycles. The third kappa shape index (κ3) is 2.41. The average molecular weight is 250 g/mol. The van der Waals surface area contributed by atoms with Gasteiger partial charge in [-0.3, -0.25) is 4.79 Å². The number of anilines is 1. The number of nitrogens with two attached hydrogens (primary N) is 1. The number of piperidine rings is 1. The Balaban J connectivity index is 2.24. The summed E-state index contributed by atoms with van der Waals surface area (Å²) < 4.78 is 1.69. The van der Waals surface area contributed by atoms with Crippen LogP contribution in [0.4, 0.5) is 5.82 Å². The largest absolute Gasteiger partial charge is 0.352 e. The molecule has 2 heterocycles. The molecule has 1 aromatic heterocycles.